The highest BCUT2D eigenvalue weighted by molar-refractivity contribution is 5.76. The molecule has 0 heterocycles. The van der Waals surface area contributed by atoms with Crippen LogP contribution in [0.15, 0.2) is 0 Å². The van der Waals surface area contributed by atoms with Gasteiger partial charge < -0.3 is 10.2 Å². The Kier molecular flexibility index (Phi) is 7.12. The van der Waals surface area contributed by atoms with Crippen LogP contribution in [0.2, 0.25) is 0 Å². The number of carbonyl (C=O) groups is 1. The van der Waals surface area contributed by atoms with Crippen LogP contribution in [-0.2, 0) is 4.79 Å². The largest absolute Gasteiger partial charge is 0.406 e. The van der Waals surface area contributed by atoms with Gasteiger partial charge in [-0.15, -0.1) is 0 Å². The number of nitrogens with zero attached hydrogens (tertiary/aromatic N) is 1. The van der Waals surface area contributed by atoms with Gasteiger partial charge in [0, 0.05) is 13.0 Å². The van der Waals surface area contributed by atoms with Crippen LogP contribution < -0.4 is 5.32 Å². The molecule has 3 nitrogen and oxygen atoms in total. The summed E-state index contributed by atoms with van der Waals surface area (Å²) in [4.78, 5) is 12.4. The lowest BCUT2D eigenvalue weighted by molar-refractivity contribution is -0.161. The first-order chi connectivity index (χ1) is 7.40. The SMILES string of the molecule is CCCN(CC(F)(F)F)C(=O)CCCNC. The highest BCUT2D eigenvalue weighted by atomic mass is 19.4. The van der Waals surface area contributed by atoms with Crippen molar-refractivity contribution in [3.8, 4) is 0 Å². The highest BCUT2D eigenvalue weighted by Gasteiger charge is 2.32. The van der Waals surface area contributed by atoms with Gasteiger partial charge >= 0.3 is 6.18 Å². The lowest BCUT2D eigenvalue weighted by atomic mass is 10.2. The Balaban J connectivity index is 4.13. The van der Waals surface area contributed by atoms with Crippen molar-refractivity contribution in [2.45, 2.75) is 32.4 Å². The summed E-state index contributed by atoms with van der Waals surface area (Å²) < 4.78 is 36.5. The number of amides is 1. The molecule has 0 spiro atoms. The molecule has 0 radical (unpaired) electrons. The van der Waals surface area contributed by atoms with Crippen LogP contribution in [0.5, 0.6) is 0 Å². The summed E-state index contributed by atoms with van der Waals surface area (Å²) in [6, 6.07) is 0. The summed E-state index contributed by atoms with van der Waals surface area (Å²) in [5, 5.41) is 2.85. The fourth-order valence-corrected chi connectivity index (χ4v) is 1.35. The Hall–Kier alpha value is -0.780. The molecule has 0 aliphatic heterocycles. The zero-order chi connectivity index (χ0) is 12.6. The monoisotopic (exact) mass is 240 g/mol. The first-order valence-corrected chi connectivity index (χ1v) is 5.39. The average molecular weight is 240 g/mol. The second-order valence-electron chi connectivity index (χ2n) is 3.64. The van der Waals surface area contributed by atoms with Gasteiger partial charge in [0.2, 0.25) is 5.91 Å². The van der Waals surface area contributed by atoms with Crippen LogP contribution in [-0.4, -0.2) is 43.7 Å². The van der Waals surface area contributed by atoms with Gasteiger partial charge in [0.15, 0.2) is 0 Å². The minimum atomic E-state index is -4.31. The number of hydrogen-bond acceptors (Lipinski definition) is 2. The molecule has 0 aromatic carbocycles. The van der Waals surface area contributed by atoms with Crippen LogP contribution in [0.1, 0.15) is 26.2 Å². The van der Waals surface area contributed by atoms with Crippen LogP contribution in [0.3, 0.4) is 0 Å². The predicted molar refractivity (Wildman–Crippen MR) is 56.1 cm³/mol. The predicted octanol–water partition coefficient (Wildman–Crippen LogP) is 1.79. The Morgan fingerprint density at radius 2 is 2.00 bits per heavy atom. The van der Waals surface area contributed by atoms with Crippen molar-refractivity contribution in [3.63, 3.8) is 0 Å². The third kappa shape index (κ3) is 7.50. The molecular formula is C10H19F3N2O. The van der Waals surface area contributed by atoms with Crippen LogP contribution in [0.25, 0.3) is 0 Å². The standard InChI is InChI=1S/C10H19F3N2O/c1-3-7-15(8-10(11,12)13)9(16)5-4-6-14-2/h14H,3-8H2,1-2H3. The van der Waals surface area contributed by atoms with E-state index in [4.69, 9.17) is 0 Å². The minimum absolute atomic E-state index is 0.164. The molecule has 16 heavy (non-hydrogen) atoms. The number of hydrogen-bond donors (Lipinski definition) is 1. The van der Waals surface area contributed by atoms with Gasteiger partial charge in [0.1, 0.15) is 6.54 Å². The Bertz CT molecular complexity index is 207. The highest BCUT2D eigenvalue weighted by Crippen LogP contribution is 2.17. The van der Waals surface area contributed by atoms with Crippen LogP contribution in [0, 0.1) is 0 Å². The van der Waals surface area contributed by atoms with E-state index in [2.05, 4.69) is 5.32 Å². The van der Waals surface area contributed by atoms with Gasteiger partial charge in [-0.2, -0.15) is 13.2 Å². The van der Waals surface area contributed by atoms with E-state index in [1.165, 1.54) is 0 Å². The molecular weight excluding hydrogens is 221 g/mol. The van der Waals surface area contributed by atoms with Crippen molar-refractivity contribution in [3.05, 3.63) is 0 Å². The summed E-state index contributed by atoms with van der Waals surface area (Å²) in [5.74, 6) is -0.422. The maximum atomic E-state index is 12.2. The van der Waals surface area contributed by atoms with E-state index in [-0.39, 0.29) is 13.0 Å². The van der Waals surface area contributed by atoms with Crippen molar-refractivity contribution in [1.82, 2.24) is 10.2 Å². The maximum absolute atomic E-state index is 12.2. The molecule has 1 amide bonds. The van der Waals surface area contributed by atoms with Gasteiger partial charge in [-0.25, -0.2) is 0 Å². The molecule has 0 bridgehead atoms. The average Bonchev–Trinajstić information content (AvgIpc) is 2.15. The van der Waals surface area contributed by atoms with E-state index < -0.39 is 18.6 Å². The van der Waals surface area contributed by atoms with Gasteiger partial charge in [-0.1, -0.05) is 6.92 Å². The molecule has 0 aromatic rings. The molecule has 0 unspecified atom stereocenters. The second kappa shape index (κ2) is 7.49. The number of halogens is 3. The molecule has 0 saturated heterocycles. The molecule has 96 valence electrons. The van der Waals surface area contributed by atoms with Crippen molar-refractivity contribution in [2.24, 2.45) is 0 Å². The van der Waals surface area contributed by atoms with E-state index in [1.54, 1.807) is 14.0 Å². The third-order valence-corrected chi connectivity index (χ3v) is 2.03. The van der Waals surface area contributed by atoms with E-state index in [9.17, 15) is 18.0 Å². The molecule has 0 aliphatic carbocycles. The first-order valence-electron chi connectivity index (χ1n) is 5.39. The smallest absolute Gasteiger partial charge is 0.334 e. The molecule has 0 saturated carbocycles. The number of carbonyl (C=O) groups excluding carboxylic acids is 1. The fraction of sp³-hybridized carbons (Fsp3) is 0.900. The van der Waals surface area contributed by atoms with Gasteiger partial charge in [-0.3, -0.25) is 4.79 Å². The second-order valence-corrected chi connectivity index (χ2v) is 3.64. The fourth-order valence-electron chi connectivity index (χ4n) is 1.35. The number of nitrogens with one attached hydrogen (secondary N) is 1. The van der Waals surface area contributed by atoms with E-state index >= 15 is 0 Å². The molecule has 0 fully saturated rings. The van der Waals surface area contributed by atoms with E-state index in [0.29, 0.717) is 19.4 Å². The Morgan fingerprint density at radius 1 is 1.38 bits per heavy atom. The van der Waals surface area contributed by atoms with E-state index in [0.717, 1.165) is 4.90 Å². The summed E-state index contributed by atoms with van der Waals surface area (Å²) in [6.07, 6.45) is -3.05. The topological polar surface area (TPSA) is 32.3 Å². The lowest BCUT2D eigenvalue weighted by Gasteiger charge is -2.23. The maximum Gasteiger partial charge on any atom is 0.406 e. The minimum Gasteiger partial charge on any atom is -0.334 e. The van der Waals surface area contributed by atoms with E-state index in [1.807, 2.05) is 0 Å². The normalized spacial score (nSPS) is 11.6. The Morgan fingerprint density at radius 3 is 2.44 bits per heavy atom. The quantitative estimate of drug-likeness (QED) is 0.688. The zero-order valence-corrected chi connectivity index (χ0v) is 9.73. The van der Waals surface area contributed by atoms with Crippen molar-refractivity contribution >= 4 is 5.91 Å². The number of alkyl halides is 3. The molecule has 0 atom stereocenters. The summed E-state index contributed by atoms with van der Waals surface area (Å²) >= 11 is 0. The summed E-state index contributed by atoms with van der Waals surface area (Å²) in [5.41, 5.74) is 0. The summed E-state index contributed by atoms with van der Waals surface area (Å²) in [7, 11) is 1.74. The van der Waals surface area contributed by atoms with Gasteiger partial charge in [-0.05, 0) is 26.4 Å². The molecule has 0 rings (SSSR count). The van der Waals surface area contributed by atoms with Gasteiger partial charge in [0.05, 0.1) is 0 Å². The third-order valence-electron chi connectivity index (χ3n) is 2.03. The van der Waals surface area contributed by atoms with Crippen LogP contribution in [0.4, 0.5) is 13.2 Å². The molecule has 1 N–H and O–H groups in total. The van der Waals surface area contributed by atoms with Crippen molar-refractivity contribution in [2.75, 3.05) is 26.7 Å². The van der Waals surface area contributed by atoms with Crippen LogP contribution >= 0.6 is 0 Å². The van der Waals surface area contributed by atoms with Crippen molar-refractivity contribution < 1.29 is 18.0 Å². The Labute approximate surface area is 94.0 Å². The molecule has 0 aliphatic rings. The van der Waals surface area contributed by atoms with Crippen molar-refractivity contribution in [1.29, 1.82) is 0 Å². The summed E-state index contributed by atoms with van der Waals surface area (Å²) in [6.45, 7) is 1.42. The lowest BCUT2D eigenvalue weighted by Crippen LogP contribution is -2.39. The first kappa shape index (κ1) is 15.2. The zero-order valence-electron chi connectivity index (χ0n) is 9.73. The molecule has 6 heteroatoms. The number of rotatable bonds is 7. The van der Waals surface area contributed by atoms with Gasteiger partial charge in [0.25, 0.3) is 0 Å². The molecule has 0 aromatic heterocycles.